The van der Waals surface area contributed by atoms with E-state index in [-0.39, 0.29) is 12.5 Å². The minimum atomic E-state index is -4.22. The minimum absolute atomic E-state index is 0.210. The van der Waals surface area contributed by atoms with Crippen molar-refractivity contribution < 1.29 is 13.2 Å². The molecule has 0 bridgehead atoms. The molecule has 0 saturated carbocycles. The monoisotopic (exact) mass is 198 g/mol. The topological polar surface area (TPSA) is 29.3 Å². The molecular weight excluding hydrogens is 181 g/mol. The number of likely N-dealkylation sites (N-methyl/N-ethyl adjacent to an activating group) is 1. The van der Waals surface area contributed by atoms with Crippen LogP contribution >= 0.6 is 0 Å². The number of hydrogen-bond donors (Lipinski definition) is 1. The van der Waals surface area contributed by atoms with E-state index < -0.39 is 12.2 Å². The van der Waals surface area contributed by atoms with Crippen LogP contribution in [0, 0.1) is 5.92 Å². The molecule has 1 atom stereocenters. The molecule has 13 heavy (non-hydrogen) atoms. The number of nitrogens with zero attached hydrogens (tertiary/aromatic N) is 1. The standard InChI is InChI=1S/C8H17F3N2/c1-6(2)5-13(3)7(4-12)8(9,10)11/h6-7H,4-5,12H2,1-3H3. The lowest BCUT2D eigenvalue weighted by atomic mass is 10.1. The van der Waals surface area contributed by atoms with E-state index in [1.54, 1.807) is 0 Å². The lowest BCUT2D eigenvalue weighted by Gasteiger charge is -2.29. The van der Waals surface area contributed by atoms with E-state index in [1.807, 2.05) is 13.8 Å². The van der Waals surface area contributed by atoms with Crippen LogP contribution in [0.1, 0.15) is 13.8 Å². The van der Waals surface area contributed by atoms with Gasteiger partial charge in [0.2, 0.25) is 0 Å². The van der Waals surface area contributed by atoms with Crippen LogP contribution in [-0.2, 0) is 0 Å². The third-order valence-electron chi connectivity index (χ3n) is 1.79. The average Bonchev–Trinajstić information content (AvgIpc) is 1.82. The lowest BCUT2D eigenvalue weighted by Crippen LogP contribution is -2.49. The molecule has 0 aliphatic carbocycles. The molecule has 2 nitrogen and oxygen atoms in total. The Morgan fingerprint density at radius 2 is 1.77 bits per heavy atom. The maximum atomic E-state index is 12.3. The summed E-state index contributed by atoms with van der Waals surface area (Å²) in [6.45, 7) is 3.77. The van der Waals surface area contributed by atoms with Crippen LogP contribution in [0.15, 0.2) is 0 Å². The first kappa shape index (κ1) is 12.7. The van der Waals surface area contributed by atoms with Crippen molar-refractivity contribution in [2.45, 2.75) is 26.1 Å². The molecule has 0 heterocycles. The molecule has 5 heteroatoms. The van der Waals surface area contributed by atoms with E-state index >= 15 is 0 Å². The van der Waals surface area contributed by atoms with Gasteiger partial charge in [-0.15, -0.1) is 0 Å². The Morgan fingerprint density at radius 3 is 2.00 bits per heavy atom. The first-order valence-electron chi connectivity index (χ1n) is 4.26. The number of halogens is 3. The summed E-state index contributed by atoms with van der Waals surface area (Å²) in [5.74, 6) is 0.210. The molecule has 0 radical (unpaired) electrons. The Kier molecular flexibility index (Phi) is 4.70. The van der Waals surface area contributed by atoms with Gasteiger partial charge in [0.25, 0.3) is 0 Å². The number of hydrogen-bond acceptors (Lipinski definition) is 2. The van der Waals surface area contributed by atoms with Gasteiger partial charge in [-0.05, 0) is 13.0 Å². The second kappa shape index (κ2) is 4.81. The van der Waals surface area contributed by atoms with Crippen LogP contribution in [-0.4, -0.2) is 37.3 Å². The lowest BCUT2D eigenvalue weighted by molar-refractivity contribution is -0.178. The molecule has 0 spiro atoms. The van der Waals surface area contributed by atoms with Gasteiger partial charge < -0.3 is 5.73 Å². The molecule has 0 aromatic heterocycles. The highest BCUT2D eigenvalue weighted by atomic mass is 19.4. The highest BCUT2D eigenvalue weighted by Gasteiger charge is 2.41. The highest BCUT2D eigenvalue weighted by Crippen LogP contribution is 2.23. The number of alkyl halides is 3. The first-order valence-corrected chi connectivity index (χ1v) is 4.26. The fraction of sp³-hybridized carbons (Fsp3) is 1.00. The molecule has 2 N–H and O–H groups in total. The molecule has 1 unspecified atom stereocenters. The zero-order valence-electron chi connectivity index (χ0n) is 8.23. The van der Waals surface area contributed by atoms with Gasteiger partial charge in [-0.3, -0.25) is 4.90 Å². The molecular formula is C8H17F3N2. The quantitative estimate of drug-likeness (QED) is 0.741. The van der Waals surface area contributed by atoms with Crippen LogP contribution in [0.2, 0.25) is 0 Å². The molecule has 0 saturated heterocycles. The van der Waals surface area contributed by atoms with E-state index in [1.165, 1.54) is 11.9 Å². The van der Waals surface area contributed by atoms with Crippen molar-refractivity contribution in [3.8, 4) is 0 Å². The van der Waals surface area contributed by atoms with Gasteiger partial charge in [-0.2, -0.15) is 13.2 Å². The molecule has 0 fully saturated rings. The average molecular weight is 198 g/mol. The van der Waals surface area contributed by atoms with Crippen molar-refractivity contribution >= 4 is 0 Å². The fourth-order valence-corrected chi connectivity index (χ4v) is 1.27. The minimum Gasteiger partial charge on any atom is -0.329 e. The van der Waals surface area contributed by atoms with Crippen LogP contribution in [0.25, 0.3) is 0 Å². The Bertz CT molecular complexity index is 145. The number of rotatable bonds is 4. The molecule has 0 aromatic rings. The Labute approximate surface area is 76.9 Å². The van der Waals surface area contributed by atoms with Crippen LogP contribution in [0.3, 0.4) is 0 Å². The van der Waals surface area contributed by atoms with Crippen molar-refractivity contribution in [3.63, 3.8) is 0 Å². The van der Waals surface area contributed by atoms with Crippen LogP contribution < -0.4 is 5.73 Å². The van der Waals surface area contributed by atoms with Gasteiger partial charge in [0.05, 0.1) is 0 Å². The van der Waals surface area contributed by atoms with E-state index in [2.05, 4.69) is 0 Å². The van der Waals surface area contributed by atoms with E-state index in [0.717, 1.165) is 0 Å². The fourth-order valence-electron chi connectivity index (χ4n) is 1.27. The molecule has 0 aromatic carbocycles. The highest BCUT2D eigenvalue weighted by molar-refractivity contribution is 4.77. The van der Waals surface area contributed by atoms with Crippen molar-refractivity contribution in [1.29, 1.82) is 0 Å². The summed E-state index contributed by atoms with van der Waals surface area (Å²) in [5.41, 5.74) is 5.07. The van der Waals surface area contributed by atoms with Gasteiger partial charge in [-0.1, -0.05) is 13.8 Å². The second-order valence-electron chi connectivity index (χ2n) is 3.63. The number of nitrogens with two attached hydrogens (primary N) is 1. The van der Waals surface area contributed by atoms with Crippen molar-refractivity contribution in [1.82, 2.24) is 4.90 Å². The third kappa shape index (κ3) is 4.47. The van der Waals surface area contributed by atoms with Crippen LogP contribution in [0.4, 0.5) is 13.2 Å². The van der Waals surface area contributed by atoms with Crippen molar-refractivity contribution in [3.05, 3.63) is 0 Å². The summed E-state index contributed by atoms with van der Waals surface area (Å²) >= 11 is 0. The zero-order valence-corrected chi connectivity index (χ0v) is 8.23. The summed E-state index contributed by atoms with van der Waals surface area (Å²) in [6, 6.07) is -1.52. The van der Waals surface area contributed by atoms with E-state index in [9.17, 15) is 13.2 Å². The van der Waals surface area contributed by atoms with E-state index in [0.29, 0.717) is 6.54 Å². The Balaban J connectivity index is 4.24. The molecule has 0 aliphatic heterocycles. The Morgan fingerprint density at radius 1 is 1.31 bits per heavy atom. The summed E-state index contributed by atoms with van der Waals surface area (Å²) < 4.78 is 36.9. The second-order valence-corrected chi connectivity index (χ2v) is 3.63. The summed E-state index contributed by atoms with van der Waals surface area (Å²) in [4.78, 5) is 1.25. The maximum absolute atomic E-state index is 12.3. The Hall–Kier alpha value is -0.290. The van der Waals surface area contributed by atoms with Gasteiger partial charge in [0.1, 0.15) is 6.04 Å². The molecule has 0 rings (SSSR count). The van der Waals surface area contributed by atoms with Crippen molar-refractivity contribution in [2.75, 3.05) is 20.1 Å². The van der Waals surface area contributed by atoms with Crippen LogP contribution in [0.5, 0.6) is 0 Å². The van der Waals surface area contributed by atoms with Gasteiger partial charge in [0.15, 0.2) is 0 Å². The summed E-state index contributed by atoms with van der Waals surface area (Å²) in [6.07, 6.45) is -4.22. The predicted octanol–water partition coefficient (Wildman–Crippen LogP) is 1.46. The summed E-state index contributed by atoms with van der Waals surface area (Å²) in [7, 11) is 1.45. The first-order chi connectivity index (χ1) is 5.79. The molecule has 0 amide bonds. The normalized spacial score (nSPS) is 15.5. The maximum Gasteiger partial charge on any atom is 0.405 e. The summed E-state index contributed by atoms with van der Waals surface area (Å²) in [5, 5.41) is 0. The molecule has 80 valence electrons. The zero-order chi connectivity index (χ0) is 10.6. The SMILES string of the molecule is CC(C)CN(C)C(CN)C(F)(F)F. The van der Waals surface area contributed by atoms with Crippen molar-refractivity contribution in [2.24, 2.45) is 11.7 Å². The smallest absolute Gasteiger partial charge is 0.329 e. The predicted molar refractivity (Wildman–Crippen MR) is 46.4 cm³/mol. The van der Waals surface area contributed by atoms with Gasteiger partial charge >= 0.3 is 6.18 Å². The molecule has 0 aliphatic rings. The van der Waals surface area contributed by atoms with Gasteiger partial charge in [-0.25, -0.2) is 0 Å². The largest absolute Gasteiger partial charge is 0.405 e. The van der Waals surface area contributed by atoms with Gasteiger partial charge in [0, 0.05) is 13.1 Å². The van der Waals surface area contributed by atoms with E-state index in [4.69, 9.17) is 5.73 Å². The third-order valence-corrected chi connectivity index (χ3v) is 1.79.